The molecule has 0 aliphatic heterocycles. The third kappa shape index (κ3) is 3.19. The van der Waals surface area contributed by atoms with E-state index in [1.807, 2.05) is 30.9 Å². The van der Waals surface area contributed by atoms with Gasteiger partial charge < -0.3 is 0 Å². The van der Waals surface area contributed by atoms with Crippen LogP contribution in [-0.2, 0) is 0 Å². The fraction of sp³-hybridized carbons (Fsp3) is 0. The Morgan fingerprint density at radius 2 is 1.13 bits per heavy atom. The Morgan fingerprint density at radius 1 is 0.395 bits per heavy atom. The Balaban J connectivity index is 1.30. The van der Waals surface area contributed by atoms with Crippen LogP contribution in [0.2, 0.25) is 0 Å². The molecule has 5 aromatic carbocycles. The van der Waals surface area contributed by atoms with Crippen molar-refractivity contribution < 1.29 is 0 Å². The van der Waals surface area contributed by atoms with E-state index in [4.69, 9.17) is 4.98 Å². The lowest BCUT2D eigenvalue weighted by Crippen LogP contribution is -1.90. The van der Waals surface area contributed by atoms with E-state index < -0.39 is 0 Å². The lowest BCUT2D eigenvalue weighted by Gasteiger charge is -2.13. The van der Waals surface area contributed by atoms with Gasteiger partial charge in [0.2, 0.25) is 0 Å². The maximum atomic E-state index is 4.85. The molecule has 3 heteroatoms. The summed E-state index contributed by atoms with van der Waals surface area (Å²) >= 11 is 0. The third-order valence-electron chi connectivity index (χ3n) is 7.61. The Bertz CT molecular complexity index is 2040. The highest BCUT2D eigenvalue weighted by atomic mass is 14.7. The van der Waals surface area contributed by atoms with Gasteiger partial charge in [0.05, 0.1) is 11.0 Å². The van der Waals surface area contributed by atoms with Gasteiger partial charge in [-0.2, -0.15) is 0 Å². The van der Waals surface area contributed by atoms with Crippen molar-refractivity contribution in [2.75, 3.05) is 0 Å². The number of fused-ring (bicyclic) bond motifs is 7. The first-order chi connectivity index (χ1) is 18.8. The molecule has 8 aromatic rings. The minimum atomic E-state index is 0.929. The van der Waals surface area contributed by atoms with Crippen molar-refractivity contribution in [3.05, 3.63) is 128 Å². The van der Waals surface area contributed by atoms with Crippen molar-refractivity contribution in [2.24, 2.45) is 0 Å². The molecule has 0 aliphatic carbocycles. The molecule has 0 N–H and O–H groups in total. The average molecular weight is 484 g/mol. The van der Waals surface area contributed by atoms with Crippen LogP contribution in [0.3, 0.4) is 0 Å². The summed E-state index contributed by atoms with van der Waals surface area (Å²) in [5.41, 5.74) is 6.46. The van der Waals surface area contributed by atoms with Crippen molar-refractivity contribution >= 4 is 54.1 Å². The van der Waals surface area contributed by atoms with Gasteiger partial charge in [-0.25, -0.2) is 0 Å². The third-order valence-corrected chi connectivity index (χ3v) is 7.61. The fourth-order valence-corrected chi connectivity index (χ4v) is 5.76. The molecule has 0 atom stereocenters. The maximum absolute atomic E-state index is 4.85. The molecule has 0 saturated carbocycles. The zero-order valence-electron chi connectivity index (χ0n) is 20.5. The number of aromatic nitrogens is 3. The fourth-order valence-electron chi connectivity index (χ4n) is 5.76. The van der Waals surface area contributed by atoms with Crippen LogP contribution in [0.5, 0.6) is 0 Å². The highest BCUT2D eigenvalue weighted by Gasteiger charge is 2.12. The Labute approximate surface area is 219 Å². The van der Waals surface area contributed by atoms with Gasteiger partial charge in [-0.05, 0) is 67.9 Å². The molecule has 0 amide bonds. The molecule has 3 aromatic heterocycles. The molecule has 8 rings (SSSR count). The summed E-state index contributed by atoms with van der Waals surface area (Å²) in [6.07, 6.45) is 7.64. The lowest BCUT2D eigenvalue weighted by molar-refractivity contribution is 1.36. The van der Waals surface area contributed by atoms with E-state index in [2.05, 4.69) is 107 Å². The SMILES string of the molecule is c1ccc2c(c1)ccc1cc(-c3ccc(-c4cnc5c(ccc6cccnc65)c4)c4ccncc34)ccc12. The van der Waals surface area contributed by atoms with Crippen molar-refractivity contribution in [1.29, 1.82) is 0 Å². The number of hydrogen-bond donors (Lipinski definition) is 0. The van der Waals surface area contributed by atoms with E-state index in [1.54, 1.807) is 0 Å². The van der Waals surface area contributed by atoms with Crippen LogP contribution in [-0.4, -0.2) is 15.0 Å². The van der Waals surface area contributed by atoms with Gasteiger partial charge in [-0.3, -0.25) is 15.0 Å². The van der Waals surface area contributed by atoms with Gasteiger partial charge in [0.15, 0.2) is 0 Å². The van der Waals surface area contributed by atoms with E-state index in [1.165, 1.54) is 32.7 Å². The number of nitrogens with zero attached hydrogens (tertiary/aromatic N) is 3. The number of rotatable bonds is 2. The molecule has 0 radical (unpaired) electrons. The molecule has 0 spiro atoms. The molecule has 0 fully saturated rings. The second-order valence-corrected chi connectivity index (χ2v) is 9.74. The predicted molar refractivity (Wildman–Crippen MR) is 158 cm³/mol. The van der Waals surface area contributed by atoms with E-state index in [0.717, 1.165) is 43.7 Å². The van der Waals surface area contributed by atoms with Gasteiger partial charge in [0.1, 0.15) is 0 Å². The Hall–Kier alpha value is -5.15. The quantitative estimate of drug-likeness (QED) is 0.230. The average Bonchev–Trinajstić information content (AvgIpc) is 3.00. The molecule has 176 valence electrons. The molecule has 3 heterocycles. The minimum absolute atomic E-state index is 0.929. The highest BCUT2D eigenvalue weighted by Crippen LogP contribution is 2.38. The number of hydrogen-bond acceptors (Lipinski definition) is 3. The zero-order chi connectivity index (χ0) is 25.1. The normalized spacial score (nSPS) is 11.7. The molecule has 0 aliphatic rings. The van der Waals surface area contributed by atoms with Gasteiger partial charge in [0, 0.05) is 46.5 Å². The van der Waals surface area contributed by atoms with Gasteiger partial charge in [-0.1, -0.05) is 78.9 Å². The number of benzene rings is 5. The number of pyridine rings is 3. The Morgan fingerprint density at radius 3 is 2.11 bits per heavy atom. The molecule has 0 saturated heterocycles. The molecule has 0 unspecified atom stereocenters. The topological polar surface area (TPSA) is 38.7 Å². The van der Waals surface area contributed by atoms with Crippen LogP contribution in [0.25, 0.3) is 76.4 Å². The highest BCUT2D eigenvalue weighted by molar-refractivity contribution is 6.11. The van der Waals surface area contributed by atoms with Crippen molar-refractivity contribution in [3.63, 3.8) is 0 Å². The molecule has 3 nitrogen and oxygen atoms in total. The first-order valence-electron chi connectivity index (χ1n) is 12.8. The largest absolute Gasteiger partial charge is 0.264 e. The van der Waals surface area contributed by atoms with Crippen molar-refractivity contribution in [3.8, 4) is 22.3 Å². The first-order valence-corrected chi connectivity index (χ1v) is 12.8. The summed E-state index contributed by atoms with van der Waals surface area (Å²) in [4.78, 5) is 13.9. The van der Waals surface area contributed by atoms with Crippen LogP contribution in [0.15, 0.2) is 128 Å². The van der Waals surface area contributed by atoms with Gasteiger partial charge >= 0.3 is 0 Å². The Kier molecular flexibility index (Phi) is 4.52. The summed E-state index contributed by atoms with van der Waals surface area (Å²) in [7, 11) is 0. The van der Waals surface area contributed by atoms with Crippen LogP contribution >= 0.6 is 0 Å². The molecular weight excluding hydrogens is 462 g/mol. The lowest BCUT2D eigenvalue weighted by atomic mass is 9.92. The van der Waals surface area contributed by atoms with Gasteiger partial charge in [-0.15, -0.1) is 0 Å². The summed E-state index contributed by atoms with van der Waals surface area (Å²) in [6.45, 7) is 0. The predicted octanol–water partition coefficient (Wildman–Crippen LogP) is 8.97. The van der Waals surface area contributed by atoms with Crippen molar-refractivity contribution in [1.82, 2.24) is 15.0 Å². The maximum Gasteiger partial charge on any atom is 0.0964 e. The van der Waals surface area contributed by atoms with Crippen molar-refractivity contribution in [2.45, 2.75) is 0 Å². The zero-order valence-corrected chi connectivity index (χ0v) is 20.5. The van der Waals surface area contributed by atoms with Crippen LogP contribution < -0.4 is 0 Å². The monoisotopic (exact) mass is 483 g/mol. The summed E-state index contributed by atoms with van der Waals surface area (Å²) in [6, 6.07) is 36.8. The van der Waals surface area contributed by atoms with Crippen LogP contribution in [0, 0.1) is 0 Å². The molecule has 0 bridgehead atoms. The van der Waals surface area contributed by atoms with E-state index >= 15 is 0 Å². The van der Waals surface area contributed by atoms with Crippen LogP contribution in [0.4, 0.5) is 0 Å². The van der Waals surface area contributed by atoms with Crippen LogP contribution in [0.1, 0.15) is 0 Å². The summed E-state index contributed by atoms with van der Waals surface area (Å²) in [5, 5.41) is 9.54. The first kappa shape index (κ1) is 21.0. The molecular formula is C35H21N3. The minimum Gasteiger partial charge on any atom is -0.264 e. The van der Waals surface area contributed by atoms with Gasteiger partial charge in [0.25, 0.3) is 0 Å². The summed E-state index contributed by atoms with van der Waals surface area (Å²) < 4.78 is 0. The van der Waals surface area contributed by atoms with E-state index in [0.29, 0.717) is 0 Å². The second kappa shape index (κ2) is 8.19. The summed E-state index contributed by atoms with van der Waals surface area (Å²) in [5.74, 6) is 0. The molecule has 38 heavy (non-hydrogen) atoms. The smallest absolute Gasteiger partial charge is 0.0964 e. The van der Waals surface area contributed by atoms with E-state index in [-0.39, 0.29) is 0 Å². The van der Waals surface area contributed by atoms with E-state index in [9.17, 15) is 0 Å². The second-order valence-electron chi connectivity index (χ2n) is 9.74. The standard InChI is InChI=1S/C35H21N3/c1-2-6-28-22(4-1)7-9-24-18-25(11-12-29(24)28)30-13-14-31(32-15-17-36-21-33(30)32)27-19-26-10-8-23-5-3-16-37-34(23)35(26)38-20-27/h1-21H.